The second kappa shape index (κ2) is 5.95. The van der Waals surface area contributed by atoms with E-state index in [1.54, 1.807) is 0 Å². The van der Waals surface area contributed by atoms with Crippen molar-refractivity contribution in [3.63, 3.8) is 0 Å². The van der Waals surface area contributed by atoms with Crippen LogP contribution in [0.3, 0.4) is 0 Å². The Morgan fingerprint density at radius 1 is 1.05 bits per heavy atom. The lowest BCUT2D eigenvalue weighted by Crippen LogP contribution is -2.11. The van der Waals surface area contributed by atoms with Crippen LogP contribution >= 0.6 is 34.8 Å². The Morgan fingerprint density at radius 2 is 1.64 bits per heavy atom. The predicted octanol–water partition coefficient (Wildman–Crippen LogP) is 5.43. The van der Waals surface area contributed by atoms with Crippen molar-refractivity contribution in [2.45, 2.75) is 6.18 Å². The highest BCUT2D eigenvalue weighted by molar-refractivity contribution is 6.44. The average molecular weight is 371 g/mol. The maximum Gasteiger partial charge on any atom is 0.433 e. The van der Waals surface area contributed by atoms with Crippen LogP contribution in [0.4, 0.5) is 13.2 Å². The van der Waals surface area contributed by atoms with Gasteiger partial charge in [0.25, 0.3) is 0 Å². The van der Waals surface area contributed by atoms with Crippen LogP contribution in [-0.4, -0.2) is 16.1 Å². The van der Waals surface area contributed by atoms with Crippen molar-refractivity contribution < 1.29 is 23.1 Å². The number of alkyl halides is 3. The van der Waals surface area contributed by atoms with E-state index < -0.39 is 29.1 Å². The van der Waals surface area contributed by atoms with E-state index in [0.29, 0.717) is 6.07 Å². The molecule has 2 aromatic rings. The molecule has 0 radical (unpaired) electrons. The Labute approximate surface area is 137 Å². The first-order chi connectivity index (χ1) is 10.1. The van der Waals surface area contributed by atoms with Gasteiger partial charge in [-0.15, -0.1) is 0 Å². The molecule has 0 bridgehead atoms. The van der Waals surface area contributed by atoms with Crippen LogP contribution in [0.2, 0.25) is 15.1 Å². The van der Waals surface area contributed by atoms with Gasteiger partial charge in [0.1, 0.15) is 5.69 Å². The Bertz CT molecular complexity index is 763. The minimum atomic E-state index is -4.73. The number of benzene rings is 1. The van der Waals surface area contributed by atoms with Crippen LogP contribution in [0.1, 0.15) is 16.1 Å². The molecule has 0 saturated heterocycles. The number of aromatic carboxylic acids is 1. The standard InChI is InChI=1S/C13H5Cl3F3NO2/c14-7-4-9(16)8(15)3-6(7)11-5(12(21)22)1-2-10(20-11)13(17,18)19/h1-4H,(H,21,22). The van der Waals surface area contributed by atoms with Gasteiger partial charge >= 0.3 is 12.1 Å². The Balaban J connectivity index is 2.77. The fraction of sp³-hybridized carbons (Fsp3) is 0.0769. The number of carbonyl (C=O) groups is 1. The van der Waals surface area contributed by atoms with Crippen molar-refractivity contribution in [3.05, 3.63) is 50.6 Å². The van der Waals surface area contributed by atoms with Gasteiger partial charge in [0, 0.05) is 5.56 Å². The van der Waals surface area contributed by atoms with E-state index in [2.05, 4.69) is 4.98 Å². The summed E-state index contributed by atoms with van der Waals surface area (Å²) in [4.78, 5) is 14.6. The SMILES string of the molecule is O=C(O)c1ccc(C(F)(F)F)nc1-c1cc(Cl)c(Cl)cc1Cl. The van der Waals surface area contributed by atoms with Gasteiger partial charge in [-0.1, -0.05) is 34.8 Å². The molecule has 22 heavy (non-hydrogen) atoms. The number of pyridine rings is 1. The van der Waals surface area contributed by atoms with E-state index in [9.17, 15) is 18.0 Å². The number of halogens is 6. The molecule has 0 aliphatic carbocycles. The van der Waals surface area contributed by atoms with Gasteiger partial charge in [-0.25, -0.2) is 9.78 Å². The molecule has 9 heteroatoms. The quantitative estimate of drug-likeness (QED) is 0.718. The second-order valence-corrected chi connectivity index (χ2v) is 5.36. The monoisotopic (exact) mass is 369 g/mol. The molecule has 3 nitrogen and oxygen atoms in total. The summed E-state index contributed by atoms with van der Waals surface area (Å²) in [6.07, 6.45) is -4.73. The van der Waals surface area contributed by atoms with Crippen molar-refractivity contribution in [2.75, 3.05) is 0 Å². The molecule has 0 aliphatic rings. The summed E-state index contributed by atoms with van der Waals surface area (Å²) in [6, 6.07) is 3.76. The normalized spacial score (nSPS) is 11.5. The molecule has 1 N–H and O–H groups in total. The Kier molecular flexibility index (Phi) is 4.56. The molecule has 1 aromatic carbocycles. The van der Waals surface area contributed by atoms with Crippen molar-refractivity contribution in [1.29, 1.82) is 0 Å². The van der Waals surface area contributed by atoms with Crippen LogP contribution in [0.5, 0.6) is 0 Å². The van der Waals surface area contributed by atoms with E-state index >= 15 is 0 Å². The number of nitrogens with zero attached hydrogens (tertiary/aromatic N) is 1. The zero-order valence-electron chi connectivity index (χ0n) is 10.4. The Morgan fingerprint density at radius 3 is 2.18 bits per heavy atom. The molecular weight excluding hydrogens is 366 g/mol. The summed E-state index contributed by atoms with van der Waals surface area (Å²) >= 11 is 17.5. The van der Waals surface area contributed by atoms with Gasteiger partial charge < -0.3 is 5.11 Å². The average Bonchev–Trinajstić information content (AvgIpc) is 2.41. The molecule has 0 unspecified atom stereocenters. The summed E-state index contributed by atoms with van der Waals surface area (Å²) in [5.74, 6) is -1.45. The van der Waals surface area contributed by atoms with Gasteiger partial charge in [-0.2, -0.15) is 13.2 Å². The molecule has 0 spiro atoms. The van der Waals surface area contributed by atoms with Crippen molar-refractivity contribution >= 4 is 40.8 Å². The first-order valence-electron chi connectivity index (χ1n) is 5.57. The summed E-state index contributed by atoms with van der Waals surface area (Å²) < 4.78 is 38.3. The van der Waals surface area contributed by atoms with Gasteiger partial charge in [-0.3, -0.25) is 0 Å². The summed E-state index contributed by atoms with van der Waals surface area (Å²) in [7, 11) is 0. The van der Waals surface area contributed by atoms with E-state index in [1.165, 1.54) is 12.1 Å². The molecule has 0 saturated carbocycles. The first-order valence-corrected chi connectivity index (χ1v) is 6.71. The second-order valence-electron chi connectivity index (χ2n) is 4.14. The largest absolute Gasteiger partial charge is 0.478 e. The fourth-order valence-corrected chi connectivity index (χ4v) is 2.34. The van der Waals surface area contributed by atoms with Crippen molar-refractivity contribution in [2.24, 2.45) is 0 Å². The minimum absolute atomic E-state index is 0.0108. The highest BCUT2D eigenvalue weighted by Gasteiger charge is 2.34. The zero-order valence-corrected chi connectivity index (χ0v) is 12.6. The first kappa shape index (κ1) is 16.9. The lowest BCUT2D eigenvalue weighted by molar-refractivity contribution is -0.141. The summed E-state index contributed by atoms with van der Waals surface area (Å²) in [6.45, 7) is 0. The van der Waals surface area contributed by atoms with Crippen LogP contribution < -0.4 is 0 Å². The molecule has 0 fully saturated rings. The maximum atomic E-state index is 12.8. The summed E-state index contributed by atoms with van der Waals surface area (Å²) in [5, 5.41) is 9.14. The fourth-order valence-electron chi connectivity index (χ4n) is 1.70. The topological polar surface area (TPSA) is 50.2 Å². The highest BCUT2D eigenvalue weighted by Crippen LogP contribution is 2.37. The number of carboxylic acids is 1. The maximum absolute atomic E-state index is 12.8. The summed E-state index contributed by atoms with van der Waals surface area (Å²) in [5.41, 5.74) is -2.17. The number of aromatic nitrogens is 1. The molecule has 0 aliphatic heterocycles. The molecule has 1 heterocycles. The number of hydrogen-bond donors (Lipinski definition) is 1. The Hall–Kier alpha value is -1.50. The van der Waals surface area contributed by atoms with Crippen LogP contribution in [0.15, 0.2) is 24.3 Å². The van der Waals surface area contributed by atoms with Crippen molar-refractivity contribution in [1.82, 2.24) is 4.98 Å². The van der Waals surface area contributed by atoms with Crippen molar-refractivity contribution in [3.8, 4) is 11.3 Å². The minimum Gasteiger partial charge on any atom is -0.478 e. The molecule has 2 rings (SSSR count). The van der Waals surface area contributed by atoms with Crippen LogP contribution in [0, 0.1) is 0 Å². The van der Waals surface area contributed by atoms with Crippen LogP contribution in [-0.2, 0) is 6.18 Å². The molecular formula is C13H5Cl3F3NO2. The number of hydrogen-bond acceptors (Lipinski definition) is 2. The van der Waals surface area contributed by atoms with E-state index in [0.717, 1.165) is 6.07 Å². The molecule has 0 amide bonds. The predicted molar refractivity (Wildman–Crippen MR) is 76.7 cm³/mol. The van der Waals surface area contributed by atoms with E-state index in [-0.39, 0.29) is 20.6 Å². The van der Waals surface area contributed by atoms with Gasteiger partial charge in [0.05, 0.1) is 26.3 Å². The third-order valence-electron chi connectivity index (χ3n) is 2.68. The van der Waals surface area contributed by atoms with E-state index in [1.807, 2.05) is 0 Å². The lowest BCUT2D eigenvalue weighted by Gasteiger charge is -2.12. The smallest absolute Gasteiger partial charge is 0.433 e. The lowest BCUT2D eigenvalue weighted by atomic mass is 10.0. The van der Waals surface area contributed by atoms with Crippen LogP contribution in [0.25, 0.3) is 11.3 Å². The highest BCUT2D eigenvalue weighted by atomic mass is 35.5. The third kappa shape index (κ3) is 3.29. The number of carboxylic acid groups (broad SMARTS) is 1. The number of rotatable bonds is 2. The van der Waals surface area contributed by atoms with Gasteiger partial charge in [0.2, 0.25) is 0 Å². The molecule has 1 aromatic heterocycles. The molecule has 0 atom stereocenters. The van der Waals surface area contributed by atoms with E-state index in [4.69, 9.17) is 39.9 Å². The third-order valence-corrected chi connectivity index (χ3v) is 3.72. The molecule has 116 valence electrons. The van der Waals surface area contributed by atoms with Gasteiger partial charge in [-0.05, 0) is 24.3 Å². The zero-order chi connectivity index (χ0) is 16.7. The van der Waals surface area contributed by atoms with Gasteiger partial charge in [0.15, 0.2) is 0 Å².